The van der Waals surface area contributed by atoms with Gasteiger partial charge in [-0.05, 0) is 39.0 Å². The van der Waals surface area contributed by atoms with Gasteiger partial charge in [-0.15, -0.1) is 0 Å². The maximum atomic E-state index is 11.3. The number of amides is 1. The first-order chi connectivity index (χ1) is 9.13. The van der Waals surface area contributed by atoms with Crippen LogP contribution in [0.25, 0.3) is 0 Å². The Hall–Kier alpha value is -1.39. The molecule has 0 aliphatic rings. The number of hydrogen-bond acceptors (Lipinski definition) is 3. The van der Waals surface area contributed by atoms with E-state index in [9.17, 15) is 4.79 Å². The molecule has 1 aromatic carbocycles. The lowest BCUT2D eigenvalue weighted by atomic mass is 10.2. The second kappa shape index (κ2) is 8.67. The van der Waals surface area contributed by atoms with E-state index in [0.29, 0.717) is 0 Å². The highest BCUT2D eigenvalue weighted by molar-refractivity contribution is 5.80. The van der Waals surface area contributed by atoms with Gasteiger partial charge in [0.1, 0.15) is 0 Å². The fraction of sp³-hybridized carbons (Fsp3) is 0.533. The molecule has 1 atom stereocenters. The van der Waals surface area contributed by atoms with E-state index in [4.69, 9.17) is 0 Å². The van der Waals surface area contributed by atoms with Crippen LogP contribution in [0.4, 0.5) is 0 Å². The van der Waals surface area contributed by atoms with E-state index < -0.39 is 0 Å². The van der Waals surface area contributed by atoms with Gasteiger partial charge < -0.3 is 15.5 Å². The molecule has 1 unspecified atom stereocenters. The summed E-state index contributed by atoms with van der Waals surface area (Å²) in [6, 6.07) is 10.3. The van der Waals surface area contributed by atoms with E-state index in [0.717, 1.165) is 26.1 Å². The highest BCUT2D eigenvalue weighted by Crippen LogP contribution is 2.02. The van der Waals surface area contributed by atoms with Crippen molar-refractivity contribution < 1.29 is 4.79 Å². The Morgan fingerprint density at radius 3 is 2.63 bits per heavy atom. The lowest BCUT2D eigenvalue weighted by molar-refractivity contribution is -0.122. The second-order valence-electron chi connectivity index (χ2n) is 4.87. The Morgan fingerprint density at radius 2 is 2.00 bits per heavy atom. The van der Waals surface area contributed by atoms with E-state index in [2.05, 4.69) is 46.8 Å². The van der Waals surface area contributed by atoms with Crippen molar-refractivity contribution in [1.29, 1.82) is 0 Å². The number of hydrogen-bond donors (Lipinski definition) is 2. The van der Waals surface area contributed by atoms with Crippen LogP contribution in [0.3, 0.4) is 0 Å². The van der Waals surface area contributed by atoms with Gasteiger partial charge in [-0.1, -0.05) is 30.3 Å². The molecule has 0 saturated carbocycles. The topological polar surface area (TPSA) is 44.4 Å². The third-order valence-corrected chi connectivity index (χ3v) is 3.10. The fourth-order valence-corrected chi connectivity index (χ4v) is 1.95. The molecule has 1 aromatic rings. The first kappa shape index (κ1) is 15.7. The normalized spacial score (nSPS) is 12.4. The largest absolute Gasteiger partial charge is 0.358 e. The molecule has 0 aliphatic heterocycles. The molecule has 1 amide bonds. The third kappa shape index (κ3) is 6.36. The lowest BCUT2D eigenvalue weighted by Crippen LogP contribution is -2.41. The average Bonchev–Trinajstić information content (AvgIpc) is 2.43. The van der Waals surface area contributed by atoms with Crippen molar-refractivity contribution in [3.63, 3.8) is 0 Å². The van der Waals surface area contributed by atoms with Gasteiger partial charge in [0.15, 0.2) is 0 Å². The zero-order valence-corrected chi connectivity index (χ0v) is 12.1. The van der Waals surface area contributed by atoms with Gasteiger partial charge in [0, 0.05) is 13.6 Å². The van der Waals surface area contributed by atoms with Gasteiger partial charge >= 0.3 is 0 Å². The highest BCUT2D eigenvalue weighted by atomic mass is 16.2. The fourth-order valence-electron chi connectivity index (χ4n) is 1.95. The van der Waals surface area contributed by atoms with E-state index in [1.54, 1.807) is 7.05 Å². The summed E-state index contributed by atoms with van der Waals surface area (Å²) in [5, 5.41) is 5.85. The first-order valence-electron chi connectivity index (χ1n) is 6.81. The van der Waals surface area contributed by atoms with Crippen LogP contribution in [-0.2, 0) is 11.3 Å². The maximum Gasteiger partial charge on any atom is 0.236 e. The molecule has 4 heteroatoms. The number of nitrogens with one attached hydrogen (secondary N) is 2. The van der Waals surface area contributed by atoms with Gasteiger partial charge in [0.2, 0.25) is 5.91 Å². The molecule has 0 saturated heterocycles. The summed E-state index contributed by atoms with van der Waals surface area (Å²) in [4.78, 5) is 13.6. The van der Waals surface area contributed by atoms with Crippen LogP contribution in [0, 0.1) is 0 Å². The molecular formula is C15H25N3O. The smallest absolute Gasteiger partial charge is 0.236 e. The maximum absolute atomic E-state index is 11.3. The SMILES string of the molecule is CNC(=O)C(C)NCCCN(C)Cc1ccccc1. The van der Waals surface area contributed by atoms with Gasteiger partial charge in [-0.2, -0.15) is 0 Å². The Kier molecular flexibility index (Phi) is 7.15. The number of rotatable bonds is 8. The summed E-state index contributed by atoms with van der Waals surface area (Å²) in [5.41, 5.74) is 1.33. The molecule has 0 fully saturated rings. The van der Waals surface area contributed by atoms with Crippen LogP contribution in [0.1, 0.15) is 18.9 Å². The Bertz CT molecular complexity index is 367. The average molecular weight is 263 g/mol. The molecular weight excluding hydrogens is 238 g/mol. The van der Waals surface area contributed by atoms with E-state index >= 15 is 0 Å². The minimum Gasteiger partial charge on any atom is -0.358 e. The minimum absolute atomic E-state index is 0.0395. The molecule has 0 aliphatic carbocycles. The highest BCUT2D eigenvalue weighted by Gasteiger charge is 2.08. The number of carbonyl (C=O) groups is 1. The number of benzene rings is 1. The monoisotopic (exact) mass is 263 g/mol. The van der Waals surface area contributed by atoms with E-state index in [-0.39, 0.29) is 11.9 Å². The number of likely N-dealkylation sites (N-methyl/N-ethyl adjacent to an activating group) is 1. The van der Waals surface area contributed by atoms with E-state index in [1.807, 2.05) is 13.0 Å². The third-order valence-electron chi connectivity index (χ3n) is 3.10. The van der Waals surface area contributed by atoms with Crippen LogP contribution in [0.2, 0.25) is 0 Å². The summed E-state index contributed by atoms with van der Waals surface area (Å²) in [6.07, 6.45) is 1.03. The van der Waals surface area contributed by atoms with Crippen molar-refractivity contribution in [2.75, 3.05) is 27.2 Å². The van der Waals surface area contributed by atoms with Crippen molar-refractivity contribution in [1.82, 2.24) is 15.5 Å². The molecule has 0 heterocycles. The summed E-state index contributed by atoms with van der Waals surface area (Å²) < 4.78 is 0. The zero-order chi connectivity index (χ0) is 14.1. The van der Waals surface area contributed by atoms with Gasteiger partial charge in [0.05, 0.1) is 6.04 Å². The van der Waals surface area contributed by atoms with Crippen LogP contribution < -0.4 is 10.6 Å². The molecule has 0 spiro atoms. The number of carbonyl (C=O) groups excluding carboxylic acids is 1. The van der Waals surface area contributed by atoms with Crippen LogP contribution in [0.5, 0.6) is 0 Å². The molecule has 0 radical (unpaired) electrons. The zero-order valence-electron chi connectivity index (χ0n) is 12.1. The van der Waals surface area contributed by atoms with Crippen LogP contribution >= 0.6 is 0 Å². The molecule has 19 heavy (non-hydrogen) atoms. The van der Waals surface area contributed by atoms with E-state index in [1.165, 1.54) is 5.56 Å². The summed E-state index contributed by atoms with van der Waals surface area (Å²) >= 11 is 0. The molecule has 0 aromatic heterocycles. The Labute approximate surface area is 116 Å². The van der Waals surface area contributed by atoms with Crippen LogP contribution in [-0.4, -0.2) is 44.0 Å². The van der Waals surface area contributed by atoms with Crippen molar-refractivity contribution >= 4 is 5.91 Å². The molecule has 2 N–H and O–H groups in total. The number of nitrogens with zero attached hydrogens (tertiary/aromatic N) is 1. The molecule has 106 valence electrons. The quantitative estimate of drug-likeness (QED) is 0.694. The van der Waals surface area contributed by atoms with Crippen molar-refractivity contribution in [3.05, 3.63) is 35.9 Å². The Balaban J connectivity index is 2.14. The molecule has 0 bridgehead atoms. The van der Waals surface area contributed by atoms with Gasteiger partial charge in [0.25, 0.3) is 0 Å². The lowest BCUT2D eigenvalue weighted by Gasteiger charge is -2.18. The standard InChI is InChI=1S/C15H25N3O/c1-13(15(19)16-2)17-10-7-11-18(3)12-14-8-5-4-6-9-14/h4-6,8-9,13,17H,7,10-12H2,1-3H3,(H,16,19). The molecule has 4 nitrogen and oxygen atoms in total. The predicted molar refractivity (Wildman–Crippen MR) is 78.9 cm³/mol. The summed E-state index contributed by atoms with van der Waals surface area (Å²) in [7, 11) is 3.78. The molecule has 1 rings (SSSR count). The van der Waals surface area contributed by atoms with Crippen LogP contribution in [0.15, 0.2) is 30.3 Å². The van der Waals surface area contributed by atoms with Crippen molar-refractivity contribution in [2.24, 2.45) is 0 Å². The summed E-state index contributed by atoms with van der Waals surface area (Å²) in [6.45, 7) is 4.72. The van der Waals surface area contributed by atoms with Gasteiger partial charge in [-0.3, -0.25) is 4.79 Å². The first-order valence-corrected chi connectivity index (χ1v) is 6.81. The minimum atomic E-state index is -0.121. The second-order valence-corrected chi connectivity index (χ2v) is 4.87. The van der Waals surface area contributed by atoms with Gasteiger partial charge in [-0.25, -0.2) is 0 Å². The Morgan fingerprint density at radius 1 is 1.32 bits per heavy atom. The summed E-state index contributed by atoms with van der Waals surface area (Å²) in [5.74, 6) is 0.0395. The predicted octanol–water partition coefficient (Wildman–Crippen LogP) is 1.23. The van der Waals surface area contributed by atoms with Crippen molar-refractivity contribution in [2.45, 2.75) is 25.9 Å². The van der Waals surface area contributed by atoms with Crippen molar-refractivity contribution in [3.8, 4) is 0 Å².